The molecule has 30 heavy (non-hydrogen) atoms. The van der Waals surface area contributed by atoms with E-state index in [0.29, 0.717) is 47.2 Å². The molecule has 0 aromatic heterocycles. The summed E-state index contributed by atoms with van der Waals surface area (Å²) in [6, 6.07) is 12.5. The number of ether oxygens (including phenoxy) is 2. The van der Waals surface area contributed by atoms with Gasteiger partial charge in [0, 0.05) is 30.5 Å². The maximum absolute atomic E-state index is 13.2. The number of hydrogen-bond donors (Lipinski definition) is 1. The zero-order valence-corrected chi connectivity index (χ0v) is 18.1. The monoisotopic (exact) mass is 428 g/mol. The first-order valence-electron chi connectivity index (χ1n) is 9.82. The highest BCUT2D eigenvalue weighted by Crippen LogP contribution is 2.32. The van der Waals surface area contributed by atoms with Crippen molar-refractivity contribution < 1.29 is 19.1 Å². The summed E-state index contributed by atoms with van der Waals surface area (Å²) in [4.78, 5) is 27.6. The molecular formula is C23H25ClN2O4. The molecule has 0 radical (unpaired) electrons. The maximum atomic E-state index is 13.2. The van der Waals surface area contributed by atoms with Gasteiger partial charge in [0.05, 0.1) is 12.7 Å². The van der Waals surface area contributed by atoms with Crippen molar-refractivity contribution in [2.75, 3.05) is 32.2 Å². The third-order valence-electron chi connectivity index (χ3n) is 4.86. The van der Waals surface area contributed by atoms with Gasteiger partial charge in [0.15, 0.2) is 0 Å². The number of rotatable bonds is 9. The molecule has 0 saturated heterocycles. The lowest BCUT2D eigenvalue weighted by molar-refractivity contribution is -0.137. The fraction of sp³-hybridized carbons (Fsp3) is 0.304. The predicted octanol–water partition coefficient (Wildman–Crippen LogP) is 4.28. The van der Waals surface area contributed by atoms with Crippen LogP contribution >= 0.6 is 11.6 Å². The van der Waals surface area contributed by atoms with E-state index in [1.165, 1.54) is 4.90 Å². The lowest BCUT2D eigenvalue weighted by Crippen LogP contribution is -2.34. The molecule has 1 N–H and O–H groups in total. The topological polar surface area (TPSA) is 67.9 Å². The fourth-order valence-electron chi connectivity index (χ4n) is 3.20. The highest BCUT2D eigenvalue weighted by atomic mass is 35.5. The lowest BCUT2D eigenvalue weighted by atomic mass is 10.0. The van der Waals surface area contributed by atoms with E-state index >= 15 is 0 Å². The number of methoxy groups -OCH3 is 1. The fourth-order valence-corrected chi connectivity index (χ4v) is 3.39. The number of imide groups is 1. The van der Waals surface area contributed by atoms with Crippen molar-refractivity contribution in [3.63, 3.8) is 0 Å². The standard InChI is InChI=1S/C23H25ClN2O4/c1-4-30-13-5-12-26-22(27)20(16-7-10-18(29-3)11-8-16)21(23(26)28)25-17-9-6-15(2)19(24)14-17/h6-11,14,25H,4-5,12-13H2,1-3H3. The van der Waals surface area contributed by atoms with Gasteiger partial charge in [0.25, 0.3) is 11.8 Å². The van der Waals surface area contributed by atoms with E-state index in [4.69, 9.17) is 21.1 Å². The van der Waals surface area contributed by atoms with Crippen LogP contribution in [0.1, 0.15) is 24.5 Å². The first-order chi connectivity index (χ1) is 14.5. The van der Waals surface area contributed by atoms with Crippen molar-refractivity contribution in [3.8, 4) is 5.75 Å². The number of nitrogens with one attached hydrogen (secondary N) is 1. The molecular weight excluding hydrogens is 404 g/mol. The molecule has 158 valence electrons. The summed E-state index contributed by atoms with van der Waals surface area (Å²) in [6.45, 7) is 5.18. The molecule has 3 rings (SSSR count). The largest absolute Gasteiger partial charge is 0.497 e. The quantitative estimate of drug-likeness (QED) is 0.477. The van der Waals surface area contributed by atoms with Gasteiger partial charge in [0.2, 0.25) is 0 Å². The number of nitrogens with zero attached hydrogens (tertiary/aromatic N) is 1. The van der Waals surface area contributed by atoms with Crippen LogP contribution < -0.4 is 10.1 Å². The maximum Gasteiger partial charge on any atom is 0.278 e. The molecule has 2 aromatic carbocycles. The van der Waals surface area contributed by atoms with Gasteiger partial charge in [-0.1, -0.05) is 29.8 Å². The van der Waals surface area contributed by atoms with Crippen LogP contribution in [-0.2, 0) is 14.3 Å². The minimum absolute atomic E-state index is 0.237. The van der Waals surface area contributed by atoms with Crippen LogP contribution in [0, 0.1) is 6.92 Å². The molecule has 1 aliphatic heterocycles. The highest BCUT2D eigenvalue weighted by molar-refractivity contribution is 6.36. The molecule has 1 aliphatic rings. The molecule has 6 nitrogen and oxygen atoms in total. The van der Waals surface area contributed by atoms with Gasteiger partial charge in [-0.3, -0.25) is 14.5 Å². The van der Waals surface area contributed by atoms with E-state index in [1.54, 1.807) is 37.4 Å². The molecule has 0 bridgehead atoms. The van der Waals surface area contributed by atoms with Crippen molar-refractivity contribution in [2.45, 2.75) is 20.3 Å². The number of anilines is 1. The van der Waals surface area contributed by atoms with E-state index in [1.807, 2.05) is 26.0 Å². The van der Waals surface area contributed by atoms with E-state index in [-0.39, 0.29) is 24.1 Å². The number of hydrogen-bond acceptors (Lipinski definition) is 5. The second-order valence-corrected chi connectivity index (χ2v) is 7.29. The first kappa shape index (κ1) is 21.9. The van der Waals surface area contributed by atoms with E-state index in [0.717, 1.165) is 5.56 Å². The van der Waals surface area contributed by atoms with Gasteiger partial charge in [0.1, 0.15) is 11.4 Å². The second-order valence-electron chi connectivity index (χ2n) is 6.88. The summed E-state index contributed by atoms with van der Waals surface area (Å²) < 4.78 is 10.5. The second kappa shape index (κ2) is 9.78. The Kier molecular flexibility index (Phi) is 7.13. The number of benzene rings is 2. The van der Waals surface area contributed by atoms with Gasteiger partial charge in [-0.05, 0) is 55.7 Å². The number of amides is 2. The SMILES string of the molecule is CCOCCCN1C(=O)C(Nc2ccc(C)c(Cl)c2)=C(c2ccc(OC)cc2)C1=O. The Labute approximate surface area is 181 Å². The summed E-state index contributed by atoms with van der Waals surface area (Å²) in [7, 11) is 1.58. The van der Waals surface area contributed by atoms with Crippen LogP contribution in [0.4, 0.5) is 5.69 Å². The van der Waals surface area contributed by atoms with Crippen LogP contribution in [0.3, 0.4) is 0 Å². The van der Waals surface area contributed by atoms with Gasteiger partial charge in [-0.15, -0.1) is 0 Å². The molecule has 7 heteroatoms. The summed E-state index contributed by atoms with van der Waals surface area (Å²) in [6.07, 6.45) is 0.574. The van der Waals surface area contributed by atoms with E-state index in [2.05, 4.69) is 5.32 Å². The molecule has 1 heterocycles. The van der Waals surface area contributed by atoms with Gasteiger partial charge < -0.3 is 14.8 Å². The van der Waals surface area contributed by atoms with E-state index in [9.17, 15) is 9.59 Å². The predicted molar refractivity (Wildman–Crippen MR) is 118 cm³/mol. The Hall–Kier alpha value is -2.83. The molecule has 0 fully saturated rings. The van der Waals surface area contributed by atoms with Crippen molar-refractivity contribution in [1.82, 2.24) is 4.90 Å². The average Bonchev–Trinajstić information content (AvgIpc) is 2.98. The Morgan fingerprint density at radius 1 is 1.07 bits per heavy atom. The molecule has 0 unspecified atom stereocenters. The van der Waals surface area contributed by atoms with Crippen molar-refractivity contribution in [1.29, 1.82) is 0 Å². The Morgan fingerprint density at radius 2 is 1.80 bits per heavy atom. The smallest absolute Gasteiger partial charge is 0.278 e. The number of aryl methyl sites for hydroxylation is 1. The Morgan fingerprint density at radius 3 is 2.43 bits per heavy atom. The van der Waals surface area contributed by atoms with Crippen molar-refractivity contribution in [2.24, 2.45) is 0 Å². The van der Waals surface area contributed by atoms with Gasteiger partial charge in [-0.2, -0.15) is 0 Å². The summed E-state index contributed by atoms with van der Waals surface area (Å²) in [5.74, 6) is -0.0223. The Balaban J connectivity index is 1.95. The van der Waals surface area contributed by atoms with Crippen molar-refractivity contribution >= 4 is 34.7 Å². The van der Waals surface area contributed by atoms with Crippen LogP contribution in [0.5, 0.6) is 5.75 Å². The molecule has 2 aromatic rings. The average molecular weight is 429 g/mol. The number of carbonyl (C=O) groups is 2. The van der Waals surface area contributed by atoms with Crippen LogP contribution in [0.15, 0.2) is 48.2 Å². The van der Waals surface area contributed by atoms with Crippen molar-refractivity contribution in [3.05, 3.63) is 64.3 Å². The highest BCUT2D eigenvalue weighted by Gasteiger charge is 2.38. The molecule has 2 amide bonds. The summed E-state index contributed by atoms with van der Waals surface area (Å²) >= 11 is 6.23. The molecule has 0 atom stereocenters. The third-order valence-corrected chi connectivity index (χ3v) is 5.27. The van der Waals surface area contributed by atoms with Crippen LogP contribution in [-0.4, -0.2) is 43.6 Å². The van der Waals surface area contributed by atoms with Crippen LogP contribution in [0.2, 0.25) is 5.02 Å². The third kappa shape index (κ3) is 4.66. The van der Waals surface area contributed by atoms with Gasteiger partial charge in [-0.25, -0.2) is 0 Å². The number of carbonyl (C=O) groups excluding carboxylic acids is 2. The summed E-state index contributed by atoms with van der Waals surface area (Å²) in [5, 5.41) is 3.70. The molecule has 0 spiro atoms. The zero-order valence-electron chi connectivity index (χ0n) is 17.3. The minimum atomic E-state index is -0.362. The molecule has 0 aliphatic carbocycles. The zero-order chi connectivity index (χ0) is 21.7. The van der Waals surface area contributed by atoms with Crippen LogP contribution in [0.25, 0.3) is 5.57 Å². The minimum Gasteiger partial charge on any atom is -0.497 e. The van der Waals surface area contributed by atoms with E-state index < -0.39 is 0 Å². The number of halogens is 1. The normalized spacial score (nSPS) is 13.9. The first-order valence-corrected chi connectivity index (χ1v) is 10.2. The van der Waals surface area contributed by atoms with Gasteiger partial charge >= 0.3 is 0 Å². The lowest BCUT2D eigenvalue weighted by Gasteiger charge is -2.15. The molecule has 0 saturated carbocycles. The summed E-state index contributed by atoms with van der Waals surface area (Å²) in [5.41, 5.74) is 2.78. The Bertz CT molecular complexity index is 970.